The van der Waals surface area contributed by atoms with Gasteiger partial charge in [-0.15, -0.1) is 6.58 Å². The van der Waals surface area contributed by atoms with Gasteiger partial charge in [-0.1, -0.05) is 19.4 Å². The summed E-state index contributed by atoms with van der Waals surface area (Å²) in [5.74, 6) is -0.812. The molecule has 194 valence electrons. The first-order valence-electron chi connectivity index (χ1n) is 11.3. The molecule has 0 radical (unpaired) electrons. The summed E-state index contributed by atoms with van der Waals surface area (Å²) in [5.41, 5.74) is -3.03. The zero-order valence-electron chi connectivity index (χ0n) is 21.8. The maximum Gasteiger partial charge on any atom is 0.408 e. The summed E-state index contributed by atoms with van der Waals surface area (Å²) in [6, 6.07) is 0. The predicted octanol–water partition coefficient (Wildman–Crippen LogP) is 3.48. The van der Waals surface area contributed by atoms with Crippen LogP contribution in [0.1, 0.15) is 67.7 Å². The van der Waals surface area contributed by atoms with Crippen LogP contribution in [0.2, 0.25) is 0 Å². The number of nitrogens with one attached hydrogen (secondary N) is 2. The molecule has 0 saturated heterocycles. The first kappa shape index (κ1) is 29.3. The van der Waals surface area contributed by atoms with Crippen molar-refractivity contribution in [1.29, 1.82) is 0 Å². The first-order valence-corrected chi connectivity index (χ1v) is 11.3. The van der Waals surface area contributed by atoms with Crippen molar-refractivity contribution >= 4 is 24.1 Å². The van der Waals surface area contributed by atoms with E-state index in [9.17, 15) is 19.2 Å². The van der Waals surface area contributed by atoms with E-state index in [1.165, 1.54) is 14.2 Å². The summed E-state index contributed by atoms with van der Waals surface area (Å²) < 4.78 is 19.7. The standard InChI is InChI=1S/C12H21NO4.C12H19NO4/c2*1-6-8-7-12(8,9(14)16-5)13-10(15)17-11(2,3)4/h8H,6-7H2,1-5H3,(H,13,15);6,8H,1,7H2,2-5H3,(H,13,15)/t2*8-,12-/m11/s1. The van der Waals surface area contributed by atoms with Crippen LogP contribution in [0.5, 0.6) is 0 Å². The molecule has 0 spiro atoms. The van der Waals surface area contributed by atoms with Gasteiger partial charge in [0.2, 0.25) is 0 Å². The Hall–Kier alpha value is -2.78. The van der Waals surface area contributed by atoms with Crippen LogP contribution in [0.4, 0.5) is 9.59 Å². The monoisotopic (exact) mass is 484 g/mol. The maximum absolute atomic E-state index is 11.7. The Kier molecular flexibility index (Phi) is 9.16. The Labute approximate surface area is 202 Å². The lowest BCUT2D eigenvalue weighted by atomic mass is 10.1. The molecule has 2 rings (SSSR count). The fraction of sp³-hybridized carbons (Fsp3) is 0.750. The molecule has 2 amide bonds. The molecule has 2 aliphatic carbocycles. The van der Waals surface area contributed by atoms with Crippen molar-refractivity contribution in [2.75, 3.05) is 14.2 Å². The number of hydrogen-bond donors (Lipinski definition) is 2. The van der Waals surface area contributed by atoms with Crippen molar-refractivity contribution in [3.63, 3.8) is 0 Å². The number of methoxy groups -OCH3 is 2. The minimum Gasteiger partial charge on any atom is -0.467 e. The quantitative estimate of drug-likeness (QED) is 0.333. The van der Waals surface area contributed by atoms with Crippen molar-refractivity contribution in [3.8, 4) is 0 Å². The van der Waals surface area contributed by atoms with Crippen molar-refractivity contribution in [2.45, 2.75) is 90.0 Å². The van der Waals surface area contributed by atoms with Gasteiger partial charge in [0.1, 0.15) is 22.3 Å². The Morgan fingerprint density at radius 2 is 1.26 bits per heavy atom. The third-order valence-corrected chi connectivity index (χ3v) is 5.44. The SMILES string of the molecule is C=C[C@@H]1C[C@]1(NC(=O)OC(C)(C)C)C(=O)OC.CC[C@@H]1C[C@]1(NC(=O)OC(C)(C)C)C(=O)OC. The molecule has 2 saturated carbocycles. The van der Waals surface area contributed by atoms with Gasteiger partial charge in [0.15, 0.2) is 0 Å². The molecule has 2 aliphatic rings. The summed E-state index contributed by atoms with van der Waals surface area (Å²) in [6.07, 6.45) is 2.39. The van der Waals surface area contributed by atoms with E-state index < -0.39 is 46.4 Å². The molecule has 10 nitrogen and oxygen atoms in total. The van der Waals surface area contributed by atoms with Crippen LogP contribution in [0.3, 0.4) is 0 Å². The van der Waals surface area contributed by atoms with Gasteiger partial charge in [-0.25, -0.2) is 19.2 Å². The van der Waals surface area contributed by atoms with Crippen LogP contribution >= 0.6 is 0 Å². The zero-order chi connectivity index (χ0) is 26.5. The predicted molar refractivity (Wildman–Crippen MR) is 125 cm³/mol. The first-order chi connectivity index (χ1) is 15.5. The van der Waals surface area contributed by atoms with Crippen LogP contribution in [-0.2, 0) is 28.5 Å². The van der Waals surface area contributed by atoms with E-state index in [2.05, 4.69) is 21.9 Å². The molecule has 34 heavy (non-hydrogen) atoms. The largest absolute Gasteiger partial charge is 0.467 e. The highest BCUT2D eigenvalue weighted by atomic mass is 16.6. The fourth-order valence-corrected chi connectivity index (χ4v) is 3.61. The number of carbonyl (C=O) groups excluding carboxylic acids is 4. The Morgan fingerprint density at radius 1 is 0.853 bits per heavy atom. The Bertz CT molecular complexity index is 798. The number of esters is 2. The third-order valence-electron chi connectivity index (χ3n) is 5.44. The molecule has 2 N–H and O–H groups in total. The van der Waals surface area contributed by atoms with Crippen LogP contribution < -0.4 is 10.6 Å². The fourth-order valence-electron chi connectivity index (χ4n) is 3.61. The van der Waals surface area contributed by atoms with E-state index in [-0.39, 0.29) is 11.8 Å². The number of hydrogen-bond acceptors (Lipinski definition) is 8. The lowest BCUT2D eigenvalue weighted by Crippen LogP contribution is -2.47. The van der Waals surface area contributed by atoms with Gasteiger partial charge in [0.25, 0.3) is 0 Å². The van der Waals surface area contributed by atoms with Crippen LogP contribution in [0, 0.1) is 11.8 Å². The van der Waals surface area contributed by atoms with Gasteiger partial charge < -0.3 is 29.6 Å². The molecular formula is C24H40N2O8. The van der Waals surface area contributed by atoms with Crippen LogP contribution in [-0.4, -0.2) is 60.6 Å². The lowest BCUT2D eigenvalue weighted by molar-refractivity contribution is -0.145. The molecule has 0 aromatic carbocycles. The van der Waals surface area contributed by atoms with Gasteiger partial charge in [-0.2, -0.15) is 0 Å². The molecule has 4 atom stereocenters. The molecule has 0 bridgehead atoms. The van der Waals surface area contributed by atoms with E-state index in [1.54, 1.807) is 47.6 Å². The van der Waals surface area contributed by atoms with Crippen molar-refractivity contribution < 1.29 is 38.1 Å². The second kappa shape index (κ2) is 10.7. The van der Waals surface area contributed by atoms with Gasteiger partial charge in [-0.05, 0) is 60.3 Å². The molecular weight excluding hydrogens is 444 g/mol. The average Bonchev–Trinajstić information content (AvgIpc) is 3.59. The van der Waals surface area contributed by atoms with E-state index in [0.29, 0.717) is 12.8 Å². The zero-order valence-corrected chi connectivity index (χ0v) is 21.8. The highest BCUT2D eigenvalue weighted by Gasteiger charge is 2.62. The van der Waals surface area contributed by atoms with E-state index in [1.807, 2.05) is 6.92 Å². The third kappa shape index (κ3) is 7.63. The highest BCUT2D eigenvalue weighted by Crippen LogP contribution is 2.47. The molecule has 0 aliphatic heterocycles. The Balaban J connectivity index is 0.000000340. The second-order valence-corrected chi connectivity index (χ2v) is 10.5. The number of carbonyl (C=O) groups is 4. The van der Waals surface area contributed by atoms with E-state index >= 15 is 0 Å². The summed E-state index contributed by atoms with van der Waals surface area (Å²) >= 11 is 0. The summed E-state index contributed by atoms with van der Waals surface area (Å²) in [4.78, 5) is 46.6. The minimum absolute atomic E-state index is 0.0949. The summed E-state index contributed by atoms with van der Waals surface area (Å²) in [7, 11) is 2.62. The molecule has 2 fully saturated rings. The van der Waals surface area contributed by atoms with Crippen molar-refractivity contribution in [2.24, 2.45) is 11.8 Å². The van der Waals surface area contributed by atoms with E-state index in [0.717, 1.165) is 6.42 Å². The molecule has 0 heterocycles. The van der Waals surface area contributed by atoms with Crippen LogP contribution in [0.25, 0.3) is 0 Å². The summed E-state index contributed by atoms with van der Waals surface area (Å²) in [6.45, 7) is 16.2. The topological polar surface area (TPSA) is 129 Å². The lowest BCUT2D eigenvalue weighted by Gasteiger charge is -2.23. The van der Waals surface area contributed by atoms with Gasteiger partial charge in [-0.3, -0.25) is 0 Å². The second-order valence-electron chi connectivity index (χ2n) is 10.5. The number of amides is 2. The van der Waals surface area contributed by atoms with Crippen molar-refractivity contribution in [1.82, 2.24) is 10.6 Å². The number of ether oxygens (including phenoxy) is 4. The summed E-state index contributed by atoms with van der Waals surface area (Å²) in [5, 5.41) is 5.21. The van der Waals surface area contributed by atoms with Crippen molar-refractivity contribution in [3.05, 3.63) is 12.7 Å². The minimum atomic E-state index is -0.987. The molecule has 0 unspecified atom stereocenters. The highest BCUT2D eigenvalue weighted by molar-refractivity contribution is 5.90. The van der Waals surface area contributed by atoms with Gasteiger partial charge in [0.05, 0.1) is 14.2 Å². The van der Waals surface area contributed by atoms with E-state index in [4.69, 9.17) is 14.2 Å². The maximum atomic E-state index is 11.7. The number of rotatable bonds is 6. The molecule has 0 aromatic rings. The van der Waals surface area contributed by atoms with Gasteiger partial charge >= 0.3 is 24.1 Å². The smallest absolute Gasteiger partial charge is 0.408 e. The van der Waals surface area contributed by atoms with Crippen LogP contribution in [0.15, 0.2) is 12.7 Å². The Morgan fingerprint density at radius 3 is 1.56 bits per heavy atom. The normalized spacial score (nSPS) is 27.1. The average molecular weight is 485 g/mol. The molecule has 10 heteroatoms. The number of alkyl carbamates (subject to hydrolysis) is 2. The van der Waals surface area contributed by atoms with Gasteiger partial charge in [0, 0.05) is 5.92 Å². The molecule has 0 aromatic heterocycles.